The van der Waals surface area contributed by atoms with E-state index in [0.29, 0.717) is 19.6 Å². The Hall–Kier alpha value is -0.940. The molecular formula is C20H31NO3. The number of nitrogens with zero attached hydrogens (tertiary/aromatic N) is 1. The molecule has 2 atom stereocenters. The second kappa shape index (κ2) is 7.52. The molecule has 134 valence electrons. The molecule has 0 radical (unpaired) electrons. The topological polar surface area (TPSA) is 41.9 Å². The molecule has 4 heteroatoms. The number of hydrogen-bond donors (Lipinski definition) is 1. The van der Waals surface area contributed by atoms with Crippen molar-refractivity contribution < 1.29 is 14.6 Å². The first-order valence-corrected chi connectivity index (χ1v) is 9.43. The van der Waals surface area contributed by atoms with Crippen molar-refractivity contribution >= 4 is 0 Å². The monoisotopic (exact) mass is 333 g/mol. The second-order valence-electron chi connectivity index (χ2n) is 7.01. The summed E-state index contributed by atoms with van der Waals surface area (Å²) in [5.74, 6) is -0.852. The molecule has 1 aliphatic heterocycles. The van der Waals surface area contributed by atoms with Gasteiger partial charge in [-0.3, -0.25) is 4.90 Å². The fourth-order valence-corrected chi connectivity index (χ4v) is 4.64. The fourth-order valence-electron chi connectivity index (χ4n) is 4.64. The maximum Gasteiger partial charge on any atom is 0.200 e. The van der Waals surface area contributed by atoms with Crippen LogP contribution in [-0.2, 0) is 16.0 Å². The van der Waals surface area contributed by atoms with E-state index in [1.165, 1.54) is 5.56 Å². The first-order chi connectivity index (χ1) is 11.6. The van der Waals surface area contributed by atoms with Crippen LogP contribution >= 0.6 is 0 Å². The molecule has 24 heavy (non-hydrogen) atoms. The van der Waals surface area contributed by atoms with Gasteiger partial charge in [0, 0.05) is 38.8 Å². The van der Waals surface area contributed by atoms with Crippen LogP contribution in [0.1, 0.15) is 51.5 Å². The minimum absolute atomic E-state index is 0.0957. The van der Waals surface area contributed by atoms with Crippen molar-refractivity contribution in [3.05, 3.63) is 35.9 Å². The van der Waals surface area contributed by atoms with E-state index in [1.807, 2.05) is 19.9 Å². The summed E-state index contributed by atoms with van der Waals surface area (Å²) in [6, 6.07) is 10.6. The van der Waals surface area contributed by atoms with Gasteiger partial charge in [-0.25, -0.2) is 0 Å². The van der Waals surface area contributed by atoms with E-state index in [2.05, 4.69) is 29.2 Å². The Morgan fingerprint density at radius 2 is 1.79 bits per heavy atom. The highest BCUT2D eigenvalue weighted by Crippen LogP contribution is 2.47. The number of benzene rings is 1. The lowest BCUT2D eigenvalue weighted by Crippen LogP contribution is -2.72. The minimum atomic E-state index is -0.926. The van der Waals surface area contributed by atoms with Crippen LogP contribution in [0.15, 0.2) is 30.3 Å². The van der Waals surface area contributed by atoms with Gasteiger partial charge < -0.3 is 14.6 Å². The van der Waals surface area contributed by atoms with Crippen molar-refractivity contribution in [2.75, 3.05) is 19.8 Å². The van der Waals surface area contributed by atoms with Crippen molar-refractivity contribution in [2.45, 2.75) is 69.9 Å². The molecule has 2 aliphatic rings. The number of aliphatic hydroxyl groups is 1. The van der Waals surface area contributed by atoms with Gasteiger partial charge in [0.15, 0.2) is 5.79 Å². The van der Waals surface area contributed by atoms with Crippen molar-refractivity contribution in [1.29, 1.82) is 0 Å². The molecule has 0 amide bonds. The zero-order chi connectivity index (χ0) is 17.0. The van der Waals surface area contributed by atoms with E-state index in [9.17, 15) is 5.11 Å². The highest BCUT2D eigenvalue weighted by molar-refractivity contribution is 5.17. The van der Waals surface area contributed by atoms with Gasteiger partial charge in [0.1, 0.15) is 5.60 Å². The van der Waals surface area contributed by atoms with E-state index in [4.69, 9.17) is 9.47 Å². The summed E-state index contributed by atoms with van der Waals surface area (Å²) < 4.78 is 12.2. The van der Waals surface area contributed by atoms with Crippen LogP contribution in [0.3, 0.4) is 0 Å². The quantitative estimate of drug-likeness (QED) is 0.811. The standard InChI is InChI=1S/C20H31NO3/c1-3-23-20(24-4-2)14-15-21(16-17-10-6-5-7-11-17)18-12-8-9-13-19(18,20)22/h5-7,10-11,18,22H,3-4,8-9,12-16H2,1-2H3/t18?,19-/m1/s1. The summed E-state index contributed by atoms with van der Waals surface area (Å²) in [5.41, 5.74) is 0.371. The Morgan fingerprint density at radius 3 is 2.46 bits per heavy atom. The van der Waals surface area contributed by atoms with Gasteiger partial charge in [-0.2, -0.15) is 0 Å². The van der Waals surface area contributed by atoms with Gasteiger partial charge in [-0.15, -0.1) is 0 Å². The third kappa shape index (κ3) is 3.13. The van der Waals surface area contributed by atoms with Gasteiger partial charge in [0.05, 0.1) is 0 Å². The summed E-state index contributed by atoms with van der Waals surface area (Å²) in [4.78, 5) is 2.44. The third-order valence-corrected chi connectivity index (χ3v) is 5.65. The molecule has 1 unspecified atom stereocenters. The highest BCUT2D eigenvalue weighted by atomic mass is 16.7. The molecule has 3 rings (SSSR count). The van der Waals surface area contributed by atoms with Crippen LogP contribution in [0.25, 0.3) is 0 Å². The molecule has 1 saturated carbocycles. The minimum Gasteiger partial charge on any atom is -0.383 e. The highest BCUT2D eigenvalue weighted by Gasteiger charge is 2.61. The molecule has 1 heterocycles. The lowest BCUT2D eigenvalue weighted by Gasteiger charge is -2.58. The predicted molar refractivity (Wildman–Crippen MR) is 94.7 cm³/mol. The van der Waals surface area contributed by atoms with Crippen LogP contribution in [-0.4, -0.2) is 47.2 Å². The Bertz CT molecular complexity index is 515. The van der Waals surface area contributed by atoms with Crippen LogP contribution in [0, 0.1) is 0 Å². The molecule has 2 fully saturated rings. The van der Waals surface area contributed by atoms with Gasteiger partial charge in [-0.05, 0) is 32.3 Å². The largest absolute Gasteiger partial charge is 0.383 e. The number of hydrogen-bond acceptors (Lipinski definition) is 4. The molecule has 0 bridgehead atoms. The average Bonchev–Trinajstić information content (AvgIpc) is 2.59. The summed E-state index contributed by atoms with van der Waals surface area (Å²) in [5, 5.41) is 11.7. The maximum atomic E-state index is 11.7. The SMILES string of the molecule is CCOC1(OCC)CCN(Cc2ccccc2)C2CCCC[C@@]21O. The van der Waals surface area contributed by atoms with Crippen molar-refractivity contribution in [2.24, 2.45) is 0 Å². The van der Waals surface area contributed by atoms with Crippen molar-refractivity contribution in [3.8, 4) is 0 Å². The normalized spacial score (nSPS) is 30.0. The molecule has 1 saturated heterocycles. The summed E-state index contributed by atoms with van der Waals surface area (Å²) in [7, 11) is 0. The summed E-state index contributed by atoms with van der Waals surface area (Å²) in [6.07, 6.45) is 4.67. The van der Waals surface area contributed by atoms with E-state index < -0.39 is 11.4 Å². The number of likely N-dealkylation sites (tertiary alicyclic amines) is 1. The number of fused-ring (bicyclic) bond motifs is 1. The predicted octanol–water partition coefficient (Wildman–Crippen LogP) is 3.34. The van der Waals surface area contributed by atoms with Gasteiger partial charge in [0.25, 0.3) is 0 Å². The van der Waals surface area contributed by atoms with Crippen LogP contribution in [0.5, 0.6) is 0 Å². The fraction of sp³-hybridized carbons (Fsp3) is 0.700. The smallest absolute Gasteiger partial charge is 0.200 e. The molecule has 0 spiro atoms. The maximum absolute atomic E-state index is 11.7. The lowest BCUT2D eigenvalue weighted by atomic mass is 9.70. The summed E-state index contributed by atoms with van der Waals surface area (Å²) in [6.45, 7) is 6.86. The summed E-state index contributed by atoms with van der Waals surface area (Å²) >= 11 is 0. The Kier molecular flexibility index (Phi) is 5.60. The Morgan fingerprint density at radius 1 is 1.08 bits per heavy atom. The molecule has 1 aliphatic carbocycles. The average molecular weight is 333 g/mol. The molecule has 4 nitrogen and oxygen atoms in total. The molecule has 1 aromatic carbocycles. The van der Waals surface area contributed by atoms with Crippen molar-refractivity contribution in [1.82, 2.24) is 4.90 Å². The van der Waals surface area contributed by atoms with Crippen LogP contribution in [0.4, 0.5) is 0 Å². The van der Waals surface area contributed by atoms with Gasteiger partial charge >= 0.3 is 0 Å². The van der Waals surface area contributed by atoms with E-state index in [-0.39, 0.29) is 6.04 Å². The Balaban J connectivity index is 1.87. The first kappa shape index (κ1) is 17.9. The Labute approximate surface area is 145 Å². The van der Waals surface area contributed by atoms with E-state index >= 15 is 0 Å². The first-order valence-electron chi connectivity index (χ1n) is 9.43. The number of piperidine rings is 1. The van der Waals surface area contributed by atoms with Crippen LogP contribution in [0.2, 0.25) is 0 Å². The second-order valence-corrected chi connectivity index (χ2v) is 7.01. The van der Waals surface area contributed by atoms with Gasteiger partial charge in [-0.1, -0.05) is 43.2 Å². The molecule has 0 aromatic heterocycles. The third-order valence-electron chi connectivity index (χ3n) is 5.65. The zero-order valence-electron chi connectivity index (χ0n) is 15.0. The lowest BCUT2D eigenvalue weighted by molar-refractivity contribution is -0.358. The number of rotatable bonds is 6. The zero-order valence-corrected chi connectivity index (χ0v) is 15.0. The van der Waals surface area contributed by atoms with Crippen molar-refractivity contribution in [3.63, 3.8) is 0 Å². The number of ether oxygens (including phenoxy) is 2. The van der Waals surface area contributed by atoms with E-state index in [0.717, 1.165) is 38.8 Å². The molecular weight excluding hydrogens is 302 g/mol. The van der Waals surface area contributed by atoms with Gasteiger partial charge in [0.2, 0.25) is 0 Å². The van der Waals surface area contributed by atoms with Crippen LogP contribution < -0.4 is 0 Å². The molecule has 1 N–H and O–H groups in total. The van der Waals surface area contributed by atoms with E-state index in [1.54, 1.807) is 0 Å². The molecule has 1 aromatic rings.